The molecular formula is C15H23NO3. The fourth-order valence-electron chi connectivity index (χ4n) is 2.12. The number of anilines is 1. The van der Waals surface area contributed by atoms with Crippen molar-refractivity contribution in [1.82, 2.24) is 0 Å². The number of benzene rings is 1. The Morgan fingerprint density at radius 2 is 1.95 bits per heavy atom. The molecule has 0 aliphatic rings. The third kappa shape index (κ3) is 3.13. The van der Waals surface area contributed by atoms with Gasteiger partial charge in [-0.05, 0) is 26.7 Å². The van der Waals surface area contributed by atoms with Crippen LogP contribution in [-0.4, -0.2) is 17.3 Å². The monoisotopic (exact) mass is 265 g/mol. The lowest BCUT2D eigenvalue weighted by Crippen LogP contribution is -1.99. The van der Waals surface area contributed by atoms with Crippen LogP contribution in [0.3, 0.4) is 0 Å². The molecule has 0 aromatic heterocycles. The van der Waals surface area contributed by atoms with Crippen LogP contribution < -0.4 is 10.5 Å². The van der Waals surface area contributed by atoms with E-state index >= 15 is 0 Å². The summed E-state index contributed by atoms with van der Waals surface area (Å²) in [6.07, 6.45) is 4.72. The minimum Gasteiger partial charge on any atom is -0.505 e. The van der Waals surface area contributed by atoms with Crippen molar-refractivity contribution < 1.29 is 14.9 Å². The molecule has 0 fully saturated rings. The highest BCUT2D eigenvalue weighted by molar-refractivity contribution is 5.73. The van der Waals surface area contributed by atoms with E-state index in [-0.39, 0.29) is 22.9 Å². The molecule has 4 heteroatoms. The molecule has 4 nitrogen and oxygen atoms in total. The Bertz CT molecular complexity index is 493. The Kier molecular flexibility index (Phi) is 5.10. The van der Waals surface area contributed by atoms with Gasteiger partial charge in [-0.1, -0.05) is 25.0 Å². The number of phenols is 2. The molecule has 1 aromatic rings. The molecule has 0 unspecified atom stereocenters. The largest absolute Gasteiger partial charge is 0.505 e. The second-order valence-electron chi connectivity index (χ2n) is 4.75. The molecular weight excluding hydrogens is 242 g/mol. The number of phenolic OH excluding ortho intramolecular Hbond substituents is 2. The van der Waals surface area contributed by atoms with Crippen LogP contribution in [0, 0.1) is 6.92 Å². The fourth-order valence-corrected chi connectivity index (χ4v) is 2.12. The van der Waals surface area contributed by atoms with E-state index in [1.165, 1.54) is 12.7 Å². The summed E-state index contributed by atoms with van der Waals surface area (Å²) in [6, 6.07) is 0. The number of ether oxygens (including phenoxy) is 1. The zero-order valence-electron chi connectivity index (χ0n) is 12.1. The summed E-state index contributed by atoms with van der Waals surface area (Å²) in [5.74, 6) is 0.127. The number of nitrogen functional groups attached to an aromatic ring is 1. The Balaban J connectivity index is 3.21. The molecule has 0 aliphatic carbocycles. The van der Waals surface area contributed by atoms with Crippen LogP contribution in [0.4, 0.5) is 5.69 Å². The highest BCUT2D eigenvalue weighted by Crippen LogP contribution is 2.45. The van der Waals surface area contributed by atoms with Gasteiger partial charge in [-0.15, -0.1) is 0 Å². The number of hydrogen-bond acceptors (Lipinski definition) is 4. The van der Waals surface area contributed by atoms with E-state index < -0.39 is 0 Å². The van der Waals surface area contributed by atoms with Crippen LogP contribution >= 0.6 is 0 Å². The van der Waals surface area contributed by atoms with E-state index in [4.69, 9.17) is 10.5 Å². The molecule has 0 bridgehead atoms. The van der Waals surface area contributed by atoms with Crippen LogP contribution in [0.15, 0.2) is 11.6 Å². The van der Waals surface area contributed by atoms with E-state index in [1.807, 2.05) is 0 Å². The number of allylic oxidation sites excluding steroid dienone is 2. The van der Waals surface area contributed by atoms with Crippen molar-refractivity contribution in [2.24, 2.45) is 0 Å². The van der Waals surface area contributed by atoms with E-state index in [9.17, 15) is 10.2 Å². The van der Waals surface area contributed by atoms with Crippen LogP contribution in [0.1, 0.15) is 37.8 Å². The predicted molar refractivity (Wildman–Crippen MR) is 77.8 cm³/mol. The lowest BCUT2D eigenvalue weighted by molar-refractivity contribution is 0.368. The van der Waals surface area contributed by atoms with Crippen molar-refractivity contribution in [1.29, 1.82) is 0 Å². The van der Waals surface area contributed by atoms with Crippen LogP contribution in [0.25, 0.3) is 0 Å². The highest BCUT2D eigenvalue weighted by Gasteiger charge is 2.19. The van der Waals surface area contributed by atoms with Gasteiger partial charge in [0.05, 0.1) is 7.11 Å². The van der Waals surface area contributed by atoms with Gasteiger partial charge >= 0.3 is 0 Å². The Labute approximate surface area is 114 Å². The van der Waals surface area contributed by atoms with Crippen molar-refractivity contribution in [3.05, 3.63) is 22.8 Å². The second kappa shape index (κ2) is 6.36. The number of rotatable bonds is 5. The van der Waals surface area contributed by atoms with Crippen LogP contribution in [-0.2, 0) is 6.42 Å². The summed E-state index contributed by atoms with van der Waals surface area (Å²) < 4.78 is 5.05. The van der Waals surface area contributed by atoms with Crippen molar-refractivity contribution >= 4 is 5.69 Å². The smallest absolute Gasteiger partial charge is 0.187 e. The first-order chi connectivity index (χ1) is 8.93. The van der Waals surface area contributed by atoms with Crippen molar-refractivity contribution in [2.75, 3.05) is 12.8 Å². The normalized spacial score (nSPS) is 11.7. The average molecular weight is 265 g/mol. The summed E-state index contributed by atoms with van der Waals surface area (Å²) in [4.78, 5) is 0. The minimum atomic E-state index is -0.0220. The third-order valence-electron chi connectivity index (χ3n) is 3.31. The standard InChI is InChI=1S/C15H23NO3/c1-5-6-9(2)7-8-11-10(3)13(17)12(16)15(19-4)14(11)18/h7,17-18H,5-6,8,16H2,1-4H3/b9-7+. The summed E-state index contributed by atoms with van der Waals surface area (Å²) >= 11 is 0. The summed E-state index contributed by atoms with van der Waals surface area (Å²) in [7, 11) is 1.42. The molecule has 0 radical (unpaired) electrons. The number of aromatic hydroxyl groups is 2. The fraction of sp³-hybridized carbons (Fsp3) is 0.467. The molecule has 1 rings (SSSR count). The molecule has 0 spiro atoms. The first-order valence-corrected chi connectivity index (χ1v) is 6.46. The van der Waals surface area contributed by atoms with E-state index in [2.05, 4.69) is 19.9 Å². The molecule has 0 saturated heterocycles. The molecule has 0 amide bonds. The van der Waals surface area contributed by atoms with Gasteiger partial charge in [-0.2, -0.15) is 0 Å². The van der Waals surface area contributed by atoms with Crippen molar-refractivity contribution in [3.63, 3.8) is 0 Å². The zero-order valence-corrected chi connectivity index (χ0v) is 12.1. The molecule has 19 heavy (non-hydrogen) atoms. The Morgan fingerprint density at radius 3 is 2.47 bits per heavy atom. The topological polar surface area (TPSA) is 75.7 Å². The van der Waals surface area contributed by atoms with Crippen LogP contribution in [0.5, 0.6) is 17.2 Å². The number of nitrogens with two attached hydrogens (primary N) is 1. The Hall–Kier alpha value is -1.84. The van der Waals surface area contributed by atoms with Gasteiger partial charge < -0.3 is 20.7 Å². The van der Waals surface area contributed by atoms with E-state index in [0.717, 1.165) is 12.8 Å². The summed E-state index contributed by atoms with van der Waals surface area (Å²) in [5, 5.41) is 20.1. The van der Waals surface area contributed by atoms with Gasteiger partial charge in [-0.25, -0.2) is 0 Å². The molecule has 0 heterocycles. The first-order valence-electron chi connectivity index (χ1n) is 6.46. The lowest BCUT2D eigenvalue weighted by atomic mass is 9.99. The first kappa shape index (κ1) is 15.2. The minimum absolute atomic E-state index is 0.0100. The van der Waals surface area contributed by atoms with Crippen LogP contribution in [0.2, 0.25) is 0 Å². The number of methoxy groups -OCH3 is 1. The predicted octanol–water partition coefficient (Wildman–Crippen LogP) is 3.29. The van der Waals surface area contributed by atoms with Gasteiger partial charge in [0.2, 0.25) is 0 Å². The maximum Gasteiger partial charge on any atom is 0.187 e. The molecule has 0 atom stereocenters. The maximum absolute atomic E-state index is 10.2. The van der Waals surface area contributed by atoms with Crippen molar-refractivity contribution in [2.45, 2.75) is 40.0 Å². The molecule has 106 valence electrons. The van der Waals surface area contributed by atoms with E-state index in [0.29, 0.717) is 17.5 Å². The maximum atomic E-state index is 10.2. The van der Waals surface area contributed by atoms with Crippen molar-refractivity contribution in [3.8, 4) is 17.2 Å². The van der Waals surface area contributed by atoms with Gasteiger partial charge in [0.15, 0.2) is 11.5 Å². The van der Waals surface area contributed by atoms with Gasteiger partial charge in [0, 0.05) is 11.1 Å². The highest BCUT2D eigenvalue weighted by atomic mass is 16.5. The third-order valence-corrected chi connectivity index (χ3v) is 3.31. The summed E-state index contributed by atoms with van der Waals surface area (Å²) in [6.45, 7) is 5.92. The second-order valence-corrected chi connectivity index (χ2v) is 4.75. The van der Waals surface area contributed by atoms with Gasteiger partial charge in [-0.3, -0.25) is 0 Å². The SMILES string of the molecule is CCC/C(C)=C/Cc1c(C)c(O)c(N)c(OC)c1O. The van der Waals surface area contributed by atoms with Gasteiger partial charge in [0.1, 0.15) is 11.4 Å². The molecule has 0 saturated carbocycles. The zero-order chi connectivity index (χ0) is 14.6. The van der Waals surface area contributed by atoms with E-state index in [1.54, 1.807) is 6.92 Å². The van der Waals surface area contributed by atoms with Gasteiger partial charge in [0.25, 0.3) is 0 Å². The Morgan fingerprint density at radius 1 is 1.32 bits per heavy atom. The quantitative estimate of drug-likeness (QED) is 0.330. The number of hydrogen-bond donors (Lipinski definition) is 3. The average Bonchev–Trinajstić information content (AvgIpc) is 2.37. The molecule has 1 aromatic carbocycles. The molecule has 4 N–H and O–H groups in total. The molecule has 0 aliphatic heterocycles. The summed E-state index contributed by atoms with van der Waals surface area (Å²) in [5.41, 5.74) is 8.30. The lowest BCUT2D eigenvalue weighted by Gasteiger charge is -2.15.